The number of nitrogens with zero attached hydrogens (tertiary/aromatic N) is 1. The third-order valence-electron chi connectivity index (χ3n) is 3.15. The van der Waals surface area contributed by atoms with Gasteiger partial charge in [-0.1, -0.05) is 0 Å². The van der Waals surface area contributed by atoms with Gasteiger partial charge in [0.05, 0.1) is 11.5 Å². The summed E-state index contributed by atoms with van der Waals surface area (Å²) in [6.07, 6.45) is -6.94. The lowest BCUT2D eigenvalue weighted by Gasteiger charge is -2.39. The maximum absolute atomic E-state index is 10.5. The number of aliphatic hydroxyl groups is 4. The van der Waals surface area contributed by atoms with Crippen molar-refractivity contribution >= 4 is 5.69 Å². The molecule has 0 unspecified atom stereocenters. The van der Waals surface area contributed by atoms with E-state index in [9.17, 15) is 25.4 Å². The highest BCUT2D eigenvalue weighted by molar-refractivity contribution is 5.36. The van der Waals surface area contributed by atoms with E-state index < -0.39 is 42.2 Å². The van der Waals surface area contributed by atoms with Crippen LogP contribution in [0.15, 0.2) is 24.3 Å². The van der Waals surface area contributed by atoms with Crippen LogP contribution < -0.4 is 4.74 Å². The molecule has 0 aromatic heterocycles. The van der Waals surface area contributed by atoms with E-state index >= 15 is 0 Å². The molecule has 0 bridgehead atoms. The van der Waals surface area contributed by atoms with Crippen LogP contribution in [0.3, 0.4) is 0 Å². The summed E-state index contributed by atoms with van der Waals surface area (Å²) in [5.41, 5.74) is -0.129. The van der Waals surface area contributed by atoms with Crippen LogP contribution in [0.25, 0.3) is 0 Å². The van der Waals surface area contributed by atoms with Crippen LogP contribution in [-0.2, 0) is 4.74 Å². The second-order valence-electron chi connectivity index (χ2n) is 4.57. The van der Waals surface area contributed by atoms with Crippen LogP contribution in [0, 0.1) is 10.1 Å². The summed E-state index contributed by atoms with van der Waals surface area (Å²) in [7, 11) is 0. The summed E-state index contributed by atoms with van der Waals surface area (Å²) in [6, 6.07) is 5.03. The van der Waals surface area contributed by atoms with E-state index in [0.717, 1.165) is 0 Å². The molecule has 9 nitrogen and oxygen atoms in total. The highest BCUT2D eigenvalue weighted by atomic mass is 16.7. The first-order valence-corrected chi connectivity index (χ1v) is 6.15. The van der Waals surface area contributed by atoms with Crippen molar-refractivity contribution in [1.82, 2.24) is 0 Å². The zero-order valence-corrected chi connectivity index (χ0v) is 10.8. The SMILES string of the molecule is O=[N+]([O-])c1ccc(O[C@@H]2O[C@H](CO)[C@H](O)[C@H](O)[C@@H]2O)cc1. The van der Waals surface area contributed by atoms with E-state index in [2.05, 4.69) is 0 Å². The molecule has 21 heavy (non-hydrogen) atoms. The molecule has 116 valence electrons. The highest BCUT2D eigenvalue weighted by Gasteiger charge is 2.44. The molecule has 1 fully saturated rings. The van der Waals surface area contributed by atoms with Crippen molar-refractivity contribution in [3.05, 3.63) is 34.4 Å². The molecular weight excluding hydrogens is 286 g/mol. The fraction of sp³-hybridized carbons (Fsp3) is 0.500. The lowest BCUT2D eigenvalue weighted by molar-refractivity contribution is -0.384. The van der Waals surface area contributed by atoms with Crippen molar-refractivity contribution in [2.24, 2.45) is 0 Å². The van der Waals surface area contributed by atoms with Gasteiger partial charge in [0, 0.05) is 12.1 Å². The predicted molar refractivity (Wildman–Crippen MR) is 67.5 cm³/mol. The Kier molecular flexibility index (Phi) is 4.70. The molecule has 0 aliphatic carbocycles. The molecule has 1 aliphatic rings. The molecule has 0 radical (unpaired) electrons. The number of ether oxygens (including phenoxy) is 2. The number of hydrogen-bond donors (Lipinski definition) is 4. The van der Waals surface area contributed by atoms with Gasteiger partial charge < -0.3 is 29.9 Å². The van der Waals surface area contributed by atoms with E-state index in [0.29, 0.717) is 0 Å². The van der Waals surface area contributed by atoms with E-state index in [1.807, 2.05) is 0 Å². The molecule has 1 aromatic rings. The minimum atomic E-state index is -1.54. The number of nitro benzene ring substituents is 1. The molecule has 5 atom stereocenters. The van der Waals surface area contributed by atoms with Gasteiger partial charge >= 0.3 is 0 Å². The molecule has 4 N–H and O–H groups in total. The molecule has 1 heterocycles. The number of hydrogen-bond acceptors (Lipinski definition) is 8. The predicted octanol–water partition coefficient (Wildman–Crippen LogP) is -1.23. The quantitative estimate of drug-likeness (QED) is 0.400. The Morgan fingerprint density at radius 2 is 1.76 bits per heavy atom. The Labute approximate surface area is 119 Å². The molecular formula is C12H15NO8. The van der Waals surface area contributed by atoms with E-state index in [-0.39, 0.29) is 11.4 Å². The maximum Gasteiger partial charge on any atom is 0.269 e. The van der Waals surface area contributed by atoms with Gasteiger partial charge in [0.1, 0.15) is 30.2 Å². The Morgan fingerprint density at radius 1 is 1.14 bits per heavy atom. The van der Waals surface area contributed by atoms with E-state index in [4.69, 9.17) is 14.6 Å². The van der Waals surface area contributed by atoms with E-state index in [1.165, 1.54) is 24.3 Å². The highest BCUT2D eigenvalue weighted by Crippen LogP contribution is 2.25. The number of non-ortho nitro benzene ring substituents is 1. The van der Waals surface area contributed by atoms with Gasteiger partial charge in [0.25, 0.3) is 5.69 Å². The number of rotatable bonds is 4. The number of benzene rings is 1. The van der Waals surface area contributed by atoms with Crippen molar-refractivity contribution in [1.29, 1.82) is 0 Å². The molecule has 0 spiro atoms. The summed E-state index contributed by atoms with van der Waals surface area (Å²) in [4.78, 5) is 9.95. The molecule has 1 saturated heterocycles. The van der Waals surface area contributed by atoms with Crippen molar-refractivity contribution in [2.75, 3.05) is 6.61 Å². The summed E-state index contributed by atoms with van der Waals surface area (Å²) in [5, 5.41) is 48.6. The average Bonchev–Trinajstić information content (AvgIpc) is 2.48. The lowest BCUT2D eigenvalue weighted by Crippen LogP contribution is -2.60. The van der Waals surface area contributed by atoms with Crippen LogP contribution in [0.5, 0.6) is 5.75 Å². The van der Waals surface area contributed by atoms with E-state index in [1.54, 1.807) is 0 Å². The monoisotopic (exact) mass is 301 g/mol. The minimum Gasteiger partial charge on any atom is -0.462 e. The van der Waals surface area contributed by atoms with Crippen LogP contribution in [0.1, 0.15) is 0 Å². The fourth-order valence-electron chi connectivity index (χ4n) is 1.95. The maximum atomic E-state index is 10.5. The molecule has 1 aliphatic heterocycles. The molecule has 2 rings (SSSR count). The third kappa shape index (κ3) is 3.28. The first-order valence-electron chi connectivity index (χ1n) is 6.15. The molecule has 9 heteroatoms. The van der Waals surface area contributed by atoms with Crippen LogP contribution in [-0.4, -0.2) is 62.7 Å². The van der Waals surface area contributed by atoms with Gasteiger partial charge in [-0.15, -0.1) is 0 Å². The Hall–Kier alpha value is -1.78. The topological polar surface area (TPSA) is 143 Å². The summed E-state index contributed by atoms with van der Waals surface area (Å²) in [5.74, 6) is 0.171. The second-order valence-corrected chi connectivity index (χ2v) is 4.57. The van der Waals surface area contributed by atoms with Crippen LogP contribution >= 0.6 is 0 Å². The fourth-order valence-corrected chi connectivity index (χ4v) is 1.95. The van der Waals surface area contributed by atoms with Gasteiger partial charge in [0.2, 0.25) is 6.29 Å². The van der Waals surface area contributed by atoms with Crippen LogP contribution in [0.2, 0.25) is 0 Å². The zero-order valence-electron chi connectivity index (χ0n) is 10.8. The Morgan fingerprint density at radius 3 is 2.29 bits per heavy atom. The van der Waals surface area contributed by atoms with Gasteiger partial charge in [-0.05, 0) is 12.1 Å². The first-order chi connectivity index (χ1) is 9.93. The van der Waals surface area contributed by atoms with Gasteiger partial charge in [0.15, 0.2) is 0 Å². The Bertz CT molecular complexity index is 491. The van der Waals surface area contributed by atoms with Gasteiger partial charge in [-0.3, -0.25) is 10.1 Å². The minimum absolute atomic E-state index is 0.129. The second kappa shape index (κ2) is 6.33. The summed E-state index contributed by atoms with van der Waals surface area (Å²) in [6.45, 7) is -0.564. The van der Waals surface area contributed by atoms with Crippen molar-refractivity contribution < 1.29 is 34.8 Å². The van der Waals surface area contributed by atoms with Crippen molar-refractivity contribution in [3.8, 4) is 5.75 Å². The summed E-state index contributed by atoms with van der Waals surface area (Å²) >= 11 is 0. The van der Waals surface area contributed by atoms with Crippen LogP contribution in [0.4, 0.5) is 5.69 Å². The lowest BCUT2D eigenvalue weighted by atomic mass is 9.99. The van der Waals surface area contributed by atoms with Gasteiger partial charge in [-0.25, -0.2) is 0 Å². The van der Waals surface area contributed by atoms with Gasteiger partial charge in [-0.2, -0.15) is 0 Å². The molecule has 0 saturated carbocycles. The standard InChI is InChI=1S/C12H15NO8/c14-5-8-9(15)10(16)11(17)12(21-8)20-7-3-1-6(2-4-7)13(18)19/h1-4,8-12,14-17H,5H2/t8-,9+,10+,11+,12-/m1/s1. The zero-order chi connectivity index (χ0) is 15.6. The average molecular weight is 301 g/mol. The van der Waals surface area contributed by atoms with Crippen molar-refractivity contribution in [3.63, 3.8) is 0 Å². The Balaban J connectivity index is 2.08. The third-order valence-corrected chi connectivity index (χ3v) is 3.15. The number of nitro groups is 1. The molecule has 0 amide bonds. The first kappa shape index (κ1) is 15.6. The van der Waals surface area contributed by atoms with Crippen molar-refractivity contribution in [2.45, 2.75) is 30.7 Å². The summed E-state index contributed by atoms with van der Waals surface area (Å²) < 4.78 is 10.4. The largest absolute Gasteiger partial charge is 0.462 e. The molecule has 1 aromatic carbocycles. The smallest absolute Gasteiger partial charge is 0.269 e. The number of aliphatic hydroxyl groups excluding tert-OH is 4. The normalized spacial score (nSPS) is 32.7.